The van der Waals surface area contributed by atoms with Crippen molar-refractivity contribution in [3.8, 4) is 0 Å². The summed E-state index contributed by atoms with van der Waals surface area (Å²) in [5.74, 6) is 0. The van der Waals surface area contributed by atoms with Crippen LogP contribution in [0.1, 0.15) is 19.8 Å². The lowest BCUT2D eigenvalue weighted by atomic mass is 10.3. The third-order valence-corrected chi connectivity index (χ3v) is 6.27. The van der Waals surface area contributed by atoms with E-state index in [0.29, 0.717) is 13.0 Å². The predicted molar refractivity (Wildman–Crippen MR) is 104 cm³/mol. The third kappa shape index (κ3) is 5.92. The van der Waals surface area contributed by atoms with Gasteiger partial charge >= 0.3 is 11.7 Å². The van der Waals surface area contributed by atoms with Crippen LogP contribution in [-0.4, -0.2) is 39.4 Å². The highest BCUT2D eigenvalue weighted by atomic mass is 32.2. The van der Waals surface area contributed by atoms with Crippen LogP contribution in [0, 0.1) is 0 Å². The van der Waals surface area contributed by atoms with Crippen molar-refractivity contribution in [2.24, 2.45) is 0 Å². The number of hydrogen-bond donors (Lipinski definition) is 5. The lowest BCUT2D eigenvalue weighted by molar-refractivity contribution is 0.245. The van der Waals surface area contributed by atoms with Gasteiger partial charge in [0, 0.05) is 18.4 Å². The molecule has 14 heteroatoms. The minimum atomic E-state index is -4.33. The van der Waals surface area contributed by atoms with Gasteiger partial charge in [0.2, 0.25) is 0 Å². The van der Waals surface area contributed by atoms with Crippen molar-refractivity contribution in [2.75, 3.05) is 11.3 Å². The number of urea groups is 1. The van der Waals surface area contributed by atoms with Crippen LogP contribution in [0.25, 0.3) is 0 Å². The molecule has 0 aliphatic rings. The minimum absolute atomic E-state index is 0.0399. The number of hydrogen-bond acceptors (Lipinski definition) is 7. The second-order valence-corrected chi connectivity index (χ2v) is 9.11. The highest BCUT2D eigenvalue weighted by Gasteiger charge is 2.20. The number of aromatic nitrogens is 2. The van der Waals surface area contributed by atoms with Crippen molar-refractivity contribution >= 4 is 31.8 Å². The van der Waals surface area contributed by atoms with Gasteiger partial charge in [-0.2, -0.15) is 0 Å². The zero-order chi connectivity index (χ0) is 21.7. The summed E-state index contributed by atoms with van der Waals surface area (Å²) in [5.41, 5.74) is -2.02. The molecule has 12 nitrogen and oxygen atoms in total. The molecule has 0 unspecified atom stereocenters. The molecule has 1 aromatic carbocycles. The Hall–Kier alpha value is -3.13. The van der Waals surface area contributed by atoms with Gasteiger partial charge in [0.1, 0.15) is 0 Å². The topological polar surface area (TPSA) is 187 Å². The zero-order valence-electron chi connectivity index (χ0n) is 15.2. The maximum absolute atomic E-state index is 12.2. The van der Waals surface area contributed by atoms with Gasteiger partial charge in [0.05, 0.1) is 4.90 Å². The summed E-state index contributed by atoms with van der Waals surface area (Å²) in [5, 5.41) is 2.40. The number of sulfonamides is 2. The maximum Gasteiger partial charge on any atom is 0.328 e. The Morgan fingerprint density at radius 1 is 1.03 bits per heavy atom. The van der Waals surface area contributed by atoms with Gasteiger partial charge in [0.15, 0.2) is 4.90 Å². The van der Waals surface area contributed by atoms with Gasteiger partial charge in [0.25, 0.3) is 25.6 Å². The van der Waals surface area contributed by atoms with Gasteiger partial charge in [-0.05, 0) is 30.7 Å². The van der Waals surface area contributed by atoms with E-state index in [1.54, 1.807) is 4.98 Å². The number of nitrogens with one attached hydrogen (secondary N) is 5. The molecule has 0 saturated carbocycles. The van der Waals surface area contributed by atoms with Gasteiger partial charge in [-0.25, -0.2) is 31.1 Å². The SMILES string of the molecule is CCCCNC(=O)NS(=O)(=O)c1ccc(NS(=O)(=O)c2c[nH]c(=O)[nH]c2=O)cc1. The molecule has 2 amide bonds. The van der Waals surface area contributed by atoms with Crippen molar-refractivity contribution in [1.82, 2.24) is 20.0 Å². The highest BCUT2D eigenvalue weighted by molar-refractivity contribution is 7.92. The Bertz CT molecular complexity index is 1200. The molecule has 0 aliphatic carbocycles. The highest BCUT2D eigenvalue weighted by Crippen LogP contribution is 2.16. The Balaban J connectivity index is 2.14. The summed E-state index contributed by atoms with van der Waals surface area (Å²) in [6.45, 7) is 2.24. The summed E-state index contributed by atoms with van der Waals surface area (Å²) in [6.07, 6.45) is 2.26. The normalized spacial score (nSPS) is 11.6. The Labute approximate surface area is 165 Å². The maximum atomic E-state index is 12.2. The molecule has 1 aromatic heterocycles. The van der Waals surface area contributed by atoms with Crippen LogP contribution in [0.5, 0.6) is 0 Å². The average molecular weight is 445 g/mol. The molecule has 0 spiro atoms. The summed E-state index contributed by atoms with van der Waals surface area (Å²) in [7, 11) is -8.49. The van der Waals surface area contributed by atoms with E-state index in [9.17, 15) is 31.2 Å². The van der Waals surface area contributed by atoms with Crippen molar-refractivity contribution in [1.29, 1.82) is 0 Å². The fourth-order valence-electron chi connectivity index (χ4n) is 2.11. The van der Waals surface area contributed by atoms with Gasteiger partial charge in [-0.3, -0.25) is 14.5 Å². The number of benzene rings is 1. The molecule has 0 fully saturated rings. The monoisotopic (exact) mass is 445 g/mol. The van der Waals surface area contributed by atoms with E-state index in [4.69, 9.17) is 0 Å². The van der Waals surface area contributed by atoms with Crippen LogP contribution in [0.2, 0.25) is 0 Å². The van der Waals surface area contributed by atoms with Crippen LogP contribution in [0.15, 0.2) is 49.8 Å². The van der Waals surface area contributed by atoms with E-state index in [1.165, 1.54) is 0 Å². The molecule has 2 aromatic rings. The van der Waals surface area contributed by atoms with E-state index in [-0.39, 0.29) is 10.6 Å². The molecule has 1 heterocycles. The number of unbranched alkanes of at least 4 members (excludes halogenated alkanes) is 1. The number of aromatic amines is 2. The standard InChI is InChI=1S/C15H19N5O7S2/c1-2-3-8-16-15(23)20-28(24,25)11-6-4-10(5-7-11)19-29(26,27)12-9-17-14(22)18-13(12)21/h4-7,9,19H,2-3,8H2,1H3,(H2,16,20,23)(H2,17,18,21,22). The number of rotatable bonds is 8. The quantitative estimate of drug-likeness (QED) is 0.343. The number of amides is 2. The Kier molecular flexibility index (Phi) is 6.81. The van der Waals surface area contributed by atoms with Gasteiger partial charge < -0.3 is 10.3 Å². The summed E-state index contributed by atoms with van der Waals surface area (Å²) < 4.78 is 52.8. The van der Waals surface area contributed by atoms with Gasteiger partial charge in [-0.15, -0.1) is 0 Å². The predicted octanol–water partition coefficient (Wildman–Crippen LogP) is -0.348. The third-order valence-electron chi connectivity index (χ3n) is 3.53. The molecule has 2 rings (SSSR count). The first-order valence-electron chi connectivity index (χ1n) is 8.30. The molecule has 5 N–H and O–H groups in total. The number of carbonyl (C=O) groups is 1. The van der Waals surface area contributed by atoms with E-state index >= 15 is 0 Å². The molecule has 158 valence electrons. The first-order valence-corrected chi connectivity index (χ1v) is 11.3. The van der Waals surface area contributed by atoms with Crippen LogP contribution in [-0.2, 0) is 20.0 Å². The minimum Gasteiger partial charge on any atom is -0.337 e. The number of anilines is 1. The summed E-state index contributed by atoms with van der Waals surface area (Å²) >= 11 is 0. The van der Waals surface area contributed by atoms with Crippen LogP contribution in [0.3, 0.4) is 0 Å². The Morgan fingerprint density at radius 3 is 2.28 bits per heavy atom. The van der Waals surface area contributed by atoms with Crippen LogP contribution in [0.4, 0.5) is 10.5 Å². The molecule has 0 bridgehead atoms. The van der Waals surface area contributed by atoms with Crippen molar-refractivity contribution in [3.63, 3.8) is 0 Å². The molecule has 0 saturated heterocycles. The number of H-pyrrole nitrogens is 2. The largest absolute Gasteiger partial charge is 0.337 e. The van der Waals surface area contributed by atoms with Crippen LogP contribution >= 0.6 is 0 Å². The Morgan fingerprint density at radius 2 is 1.69 bits per heavy atom. The summed E-state index contributed by atoms with van der Waals surface area (Å²) in [6, 6.07) is 3.57. The van der Waals surface area contributed by atoms with Crippen molar-refractivity contribution in [2.45, 2.75) is 29.6 Å². The van der Waals surface area contributed by atoms with E-state index in [1.807, 2.05) is 16.6 Å². The molecule has 0 radical (unpaired) electrons. The molecule has 29 heavy (non-hydrogen) atoms. The first-order chi connectivity index (χ1) is 13.5. The summed E-state index contributed by atoms with van der Waals surface area (Å²) in [4.78, 5) is 37.1. The average Bonchev–Trinajstić information content (AvgIpc) is 2.61. The lowest BCUT2D eigenvalue weighted by Crippen LogP contribution is -2.39. The van der Waals surface area contributed by atoms with Crippen molar-refractivity contribution < 1.29 is 21.6 Å². The smallest absolute Gasteiger partial charge is 0.328 e. The van der Waals surface area contributed by atoms with Gasteiger partial charge in [-0.1, -0.05) is 13.3 Å². The molecular weight excluding hydrogens is 426 g/mol. The first kappa shape index (κ1) is 22.2. The van der Waals surface area contributed by atoms with E-state index < -0.39 is 42.2 Å². The van der Waals surface area contributed by atoms with E-state index in [2.05, 4.69) is 10.0 Å². The molecule has 0 aliphatic heterocycles. The fourth-order valence-corrected chi connectivity index (χ4v) is 4.10. The van der Waals surface area contributed by atoms with E-state index in [0.717, 1.165) is 36.9 Å². The molecular formula is C15H19N5O7S2. The fraction of sp³-hybridized carbons (Fsp3) is 0.267. The second-order valence-electron chi connectivity index (χ2n) is 5.78. The van der Waals surface area contributed by atoms with Crippen LogP contribution < -0.4 is 26.0 Å². The second kappa shape index (κ2) is 8.91. The molecule has 0 atom stereocenters. The lowest BCUT2D eigenvalue weighted by Gasteiger charge is -2.10. The van der Waals surface area contributed by atoms with Crippen molar-refractivity contribution in [3.05, 3.63) is 51.3 Å². The zero-order valence-corrected chi connectivity index (χ0v) is 16.8. The number of carbonyl (C=O) groups excluding carboxylic acids is 1.